The zero-order chi connectivity index (χ0) is 28.3. The molecule has 0 bridgehead atoms. The van der Waals surface area contributed by atoms with Crippen molar-refractivity contribution in [3.05, 3.63) is 56.5 Å². The van der Waals surface area contributed by atoms with Crippen molar-refractivity contribution in [2.24, 2.45) is 0 Å². The fourth-order valence-corrected chi connectivity index (χ4v) is 6.14. The molecule has 0 aromatic heterocycles. The normalized spacial score (nSPS) is 16.2. The van der Waals surface area contributed by atoms with E-state index in [0.29, 0.717) is 30.3 Å². The molecule has 8 nitrogen and oxygen atoms in total. The first kappa shape index (κ1) is 30.5. The maximum absolute atomic E-state index is 13.0. The fourth-order valence-electron chi connectivity index (χ4n) is 4.04. The minimum atomic E-state index is -3.88. The first-order valence-corrected chi connectivity index (χ1v) is 14.9. The van der Waals surface area contributed by atoms with Gasteiger partial charge in [0.25, 0.3) is 0 Å². The topological polar surface area (TPSA) is 114 Å². The fraction of sp³-hybridized carbons (Fsp3) is 0.462. The summed E-state index contributed by atoms with van der Waals surface area (Å²) in [6.07, 6.45) is 0.273. The number of halogens is 3. The highest BCUT2D eigenvalue weighted by Crippen LogP contribution is 2.36. The van der Waals surface area contributed by atoms with Gasteiger partial charge in [0.05, 0.1) is 39.4 Å². The molecule has 1 aliphatic heterocycles. The van der Waals surface area contributed by atoms with Crippen molar-refractivity contribution in [3.8, 4) is 5.75 Å². The van der Waals surface area contributed by atoms with E-state index < -0.39 is 33.4 Å². The van der Waals surface area contributed by atoms with Crippen molar-refractivity contribution in [1.29, 1.82) is 0 Å². The largest absolute Gasteiger partial charge is 0.493 e. The summed E-state index contributed by atoms with van der Waals surface area (Å²) in [5.41, 5.74) is 1.54. The Morgan fingerprint density at radius 1 is 1.08 bits per heavy atom. The van der Waals surface area contributed by atoms with Gasteiger partial charge in [0.15, 0.2) is 9.84 Å². The molecule has 3 N–H and O–H groups in total. The predicted octanol–water partition coefficient (Wildman–Crippen LogP) is 4.84. The number of hydrogen-bond donors (Lipinski definition) is 3. The van der Waals surface area contributed by atoms with E-state index in [1.54, 1.807) is 6.07 Å². The van der Waals surface area contributed by atoms with Crippen LogP contribution in [0.15, 0.2) is 35.2 Å². The Morgan fingerprint density at radius 3 is 2.42 bits per heavy atom. The molecule has 38 heavy (non-hydrogen) atoms. The lowest BCUT2D eigenvalue weighted by molar-refractivity contribution is -0.123. The number of rotatable bonds is 9. The van der Waals surface area contributed by atoms with Crippen LogP contribution in [0.3, 0.4) is 0 Å². The van der Waals surface area contributed by atoms with Gasteiger partial charge in [-0.3, -0.25) is 9.59 Å². The van der Waals surface area contributed by atoms with Crippen LogP contribution in [0, 0.1) is 0 Å². The molecule has 0 unspecified atom stereocenters. The third kappa shape index (κ3) is 8.48. The van der Waals surface area contributed by atoms with Gasteiger partial charge in [0.2, 0.25) is 11.8 Å². The van der Waals surface area contributed by atoms with E-state index >= 15 is 0 Å². The molecule has 2 aromatic rings. The smallest absolute Gasteiger partial charge is 0.222 e. The molecule has 0 radical (unpaired) electrons. The molecule has 1 heterocycles. The Labute approximate surface area is 238 Å². The van der Waals surface area contributed by atoms with Crippen molar-refractivity contribution >= 4 is 56.5 Å². The molecule has 3 rings (SSSR count). The second kappa shape index (κ2) is 12.4. The number of sulfone groups is 1. The Bertz CT molecular complexity index is 1310. The summed E-state index contributed by atoms with van der Waals surface area (Å²) in [5.74, 6) is -0.720. The first-order chi connectivity index (χ1) is 17.6. The lowest BCUT2D eigenvalue weighted by atomic mass is 9.98. The lowest BCUT2D eigenvalue weighted by Gasteiger charge is -2.29. The zero-order valence-electron chi connectivity index (χ0n) is 21.7. The molecule has 2 aromatic carbocycles. The molecule has 0 saturated heterocycles. The molecular weight excluding hydrogens is 573 g/mol. The first-order valence-electron chi connectivity index (χ1n) is 12.1. The minimum Gasteiger partial charge on any atom is -0.493 e. The molecule has 0 spiro atoms. The Kier molecular flexibility index (Phi) is 9.97. The average Bonchev–Trinajstić information content (AvgIpc) is 2.78. The number of nitrogens with one attached hydrogen (secondary N) is 3. The van der Waals surface area contributed by atoms with Crippen molar-refractivity contribution in [2.75, 3.05) is 12.4 Å². The number of carbonyl (C=O) groups excluding carboxylic acids is 2. The van der Waals surface area contributed by atoms with Crippen LogP contribution in [0.25, 0.3) is 0 Å². The standard InChI is InChI=1S/C26H32Cl3N3O5S/c1-15(33)31-17(14-38(35,36)18-5-6-20(27)22(29)11-18)10-25(34)32-23-7-8-37-24-9-16(13-30-26(2,3)4)21(28)12-19(23)24/h5-6,9,11-12,17,23,30H,7-8,10,13-14H2,1-4H3,(H,31,33)(H,32,34)/t17-,23+/m0/s1. The average molecular weight is 605 g/mol. The molecule has 2 amide bonds. The Morgan fingerprint density at radius 2 is 1.79 bits per heavy atom. The van der Waals surface area contributed by atoms with Crippen molar-refractivity contribution < 1.29 is 22.7 Å². The highest BCUT2D eigenvalue weighted by Gasteiger charge is 2.28. The molecule has 12 heteroatoms. The molecule has 0 fully saturated rings. The van der Waals surface area contributed by atoms with Crippen molar-refractivity contribution in [1.82, 2.24) is 16.0 Å². The van der Waals surface area contributed by atoms with Gasteiger partial charge in [-0.1, -0.05) is 34.8 Å². The van der Waals surface area contributed by atoms with Gasteiger partial charge in [-0.05, 0) is 56.7 Å². The maximum Gasteiger partial charge on any atom is 0.222 e. The zero-order valence-corrected chi connectivity index (χ0v) is 24.7. The van der Waals surface area contributed by atoms with Crippen molar-refractivity contribution in [2.45, 2.75) is 69.6 Å². The highest BCUT2D eigenvalue weighted by atomic mass is 35.5. The number of fused-ring (bicyclic) bond motifs is 1. The third-order valence-corrected chi connectivity index (χ3v) is 8.78. The second-order valence-corrected chi connectivity index (χ2v) is 13.6. The van der Waals surface area contributed by atoms with E-state index in [1.165, 1.54) is 25.1 Å². The van der Waals surface area contributed by atoms with Crippen LogP contribution in [0.4, 0.5) is 0 Å². The van der Waals surface area contributed by atoms with Crippen LogP contribution >= 0.6 is 34.8 Å². The summed E-state index contributed by atoms with van der Waals surface area (Å²) in [7, 11) is -3.88. The highest BCUT2D eigenvalue weighted by molar-refractivity contribution is 7.91. The van der Waals surface area contributed by atoms with Gasteiger partial charge in [-0.15, -0.1) is 0 Å². The van der Waals surface area contributed by atoms with Gasteiger partial charge in [0.1, 0.15) is 5.75 Å². The van der Waals surface area contributed by atoms with Gasteiger partial charge in [0, 0.05) is 42.4 Å². The monoisotopic (exact) mass is 603 g/mol. The Balaban J connectivity index is 1.73. The second-order valence-electron chi connectivity index (χ2n) is 10.3. The summed E-state index contributed by atoms with van der Waals surface area (Å²) in [6.45, 7) is 8.40. The third-order valence-electron chi connectivity index (χ3n) is 5.87. The Hall–Kier alpha value is -2.04. The molecular formula is C26H32Cl3N3O5S. The van der Waals surface area contributed by atoms with Crippen LogP contribution in [0.5, 0.6) is 5.75 Å². The molecule has 208 valence electrons. The van der Waals surface area contributed by atoms with E-state index in [-0.39, 0.29) is 32.9 Å². The van der Waals surface area contributed by atoms with Gasteiger partial charge >= 0.3 is 0 Å². The number of amides is 2. The lowest BCUT2D eigenvalue weighted by Crippen LogP contribution is -2.43. The van der Waals surface area contributed by atoms with Gasteiger partial charge in [-0.25, -0.2) is 8.42 Å². The SMILES string of the molecule is CC(=O)N[C@@H](CC(=O)N[C@@H]1CCOc2cc(CNC(C)(C)C)c(Cl)cc21)CS(=O)(=O)c1ccc(Cl)c(Cl)c1. The maximum atomic E-state index is 13.0. The quantitative estimate of drug-likeness (QED) is 0.377. The number of hydrogen-bond acceptors (Lipinski definition) is 6. The molecule has 1 aliphatic rings. The van der Waals surface area contributed by atoms with Gasteiger partial charge < -0.3 is 20.7 Å². The van der Waals surface area contributed by atoms with Gasteiger partial charge in [-0.2, -0.15) is 0 Å². The summed E-state index contributed by atoms with van der Waals surface area (Å²) in [4.78, 5) is 24.8. The molecule has 2 atom stereocenters. The van der Waals surface area contributed by atoms with Crippen LogP contribution in [-0.2, 0) is 26.0 Å². The van der Waals surface area contributed by atoms with Crippen LogP contribution in [0.1, 0.15) is 57.7 Å². The predicted molar refractivity (Wildman–Crippen MR) is 150 cm³/mol. The summed E-state index contributed by atoms with van der Waals surface area (Å²) in [5, 5.41) is 9.78. The van der Waals surface area contributed by atoms with E-state index in [4.69, 9.17) is 39.5 Å². The van der Waals surface area contributed by atoms with E-state index in [9.17, 15) is 18.0 Å². The van der Waals surface area contributed by atoms with Crippen LogP contribution < -0.4 is 20.7 Å². The minimum absolute atomic E-state index is 0.0487. The van der Waals surface area contributed by atoms with Crippen molar-refractivity contribution in [3.63, 3.8) is 0 Å². The van der Waals surface area contributed by atoms with E-state index in [2.05, 4.69) is 36.7 Å². The summed E-state index contributed by atoms with van der Waals surface area (Å²) in [6, 6.07) is 6.30. The molecule has 0 saturated carbocycles. The summed E-state index contributed by atoms with van der Waals surface area (Å²) < 4.78 is 31.8. The van der Waals surface area contributed by atoms with E-state index in [1.807, 2.05) is 6.07 Å². The molecule has 0 aliphatic carbocycles. The van der Waals surface area contributed by atoms with Crippen LogP contribution in [-0.4, -0.2) is 44.2 Å². The van der Waals surface area contributed by atoms with Crippen LogP contribution in [0.2, 0.25) is 15.1 Å². The van der Waals surface area contributed by atoms with E-state index in [0.717, 1.165) is 11.1 Å². The number of ether oxygens (including phenoxy) is 1. The summed E-state index contributed by atoms with van der Waals surface area (Å²) >= 11 is 18.4. The number of carbonyl (C=O) groups is 2. The number of benzene rings is 2.